The second-order valence-corrected chi connectivity index (χ2v) is 6.94. The molecule has 1 saturated carbocycles. The summed E-state index contributed by atoms with van der Waals surface area (Å²) in [5, 5.41) is 0. The van der Waals surface area contributed by atoms with E-state index >= 15 is 0 Å². The summed E-state index contributed by atoms with van der Waals surface area (Å²) in [5.74, 6) is -0.458. The largest absolute Gasteiger partial charge is 0.309 e. The van der Waals surface area contributed by atoms with Crippen molar-refractivity contribution in [1.82, 2.24) is 0 Å². The van der Waals surface area contributed by atoms with Gasteiger partial charge in [0.25, 0.3) is 0 Å². The highest BCUT2D eigenvalue weighted by atomic mass is 35.5. The van der Waals surface area contributed by atoms with Crippen LogP contribution in [0.2, 0.25) is 0 Å². The summed E-state index contributed by atoms with van der Waals surface area (Å²) in [5.41, 5.74) is -0.118. The summed E-state index contributed by atoms with van der Waals surface area (Å²) in [6.07, 6.45) is 0.437. The predicted molar refractivity (Wildman–Crippen MR) is 76.2 cm³/mol. The molecule has 0 spiro atoms. The summed E-state index contributed by atoms with van der Waals surface area (Å²) in [6.45, 7) is 5.56. The van der Waals surface area contributed by atoms with Crippen molar-refractivity contribution in [2.75, 3.05) is 4.90 Å². The number of nitrogens with zero attached hydrogens (tertiary/aromatic N) is 1. The molecule has 1 atom stereocenters. The molecule has 0 saturated heterocycles. The summed E-state index contributed by atoms with van der Waals surface area (Å²) in [4.78, 5) is 14.3. The molecule has 2 rings (SSSR count). The van der Waals surface area contributed by atoms with E-state index in [1.807, 2.05) is 13.8 Å². The van der Waals surface area contributed by atoms with Gasteiger partial charge in [-0.25, -0.2) is 4.39 Å². The lowest BCUT2D eigenvalue weighted by Gasteiger charge is -2.30. The number of hydrogen-bond acceptors (Lipinski definition) is 1. The number of rotatable bonds is 3. The SMILES string of the molecule is CC(C)N(C(=O)[C@]1(C)CC1(Cl)Cl)c1ccc(F)cc1. The maximum absolute atomic E-state index is 13.0. The Morgan fingerprint density at radius 3 is 2.16 bits per heavy atom. The zero-order valence-electron chi connectivity index (χ0n) is 11.1. The number of halogens is 3. The Kier molecular flexibility index (Phi) is 3.56. The molecule has 2 nitrogen and oxygen atoms in total. The second-order valence-electron chi connectivity index (χ2n) is 5.46. The van der Waals surface area contributed by atoms with Gasteiger partial charge >= 0.3 is 0 Å². The third kappa shape index (κ3) is 2.46. The molecule has 0 radical (unpaired) electrons. The number of carbonyl (C=O) groups excluding carboxylic acids is 1. The Morgan fingerprint density at radius 1 is 1.32 bits per heavy atom. The van der Waals surface area contributed by atoms with Crippen LogP contribution in [0.4, 0.5) is 10.1 Å². The van der Waals surface area contributed by atoms with Gasteiger partial charge < -0.3 is 4.90 Å². The molecule has 1 aromatic rings. The van der Waals surface area contributed by atoms with Gasteiger partial charge in [-0.15, -0.1) is 23.2 Å². The van der Waals surface area contributed by atoms with Gasteiger partial charge in [0.15, 0.2) is 0 Å². The molecule has 0 heterocycles. The highest BCUT2D eigenvalue weighted by Crippen LogP contribution is 2.64. The molecule has 1 fully saturated rings. The minimum atomic E-state index is -1.00. The Labute approximate surface area is 122 Å². The number of alkyl halides is 2. The van der Waals surface area contributed by atoms with Gasteiger partial charge in [0.2, 0.25) is 5.91 Å². The molecule has 1 aromatic carbocycles. The maximum Gasteiger partial charge on any atom is 0.236 e. The molecule has 0 unspecified atom stereocenters. The first-order valence-electron chi connectivity index (χ1n) is 6.16. The van der Waals surface area contributed by atoms with E-state index in [-0.39, 0.29) is 17.8 Å². The highest BCUT2D eigenvalue weighted by molar-refractivity contribution is 6.53. The van der Waals surface area contributed by atoms with E-state index < -0.39 is 9.75 Å². The summed E-state index contributed by atoms with van der Waals surface area (Å²) >= 11 is 12.1. The van der Waals surface area contributed by atoms with Crippen LogP contribution in [0.3, 0.4) is 0 Å². The van der Waals surface area contributed by atoms with Crippen LogP contribution >= 0.6 is 23.2 Å². The van der Waals surface area contributed by atoms with Crippen molar-refractivity contribution >= 4 is 34.8 Å². The molecule has 1 aliphatic rings. The Bertz CT molecular complexity index is 501. The van der Waals surface area contributed by atoms with E-state index in [4.69, 9.17) is 23.2 Å². The van der Waals surface area contributed by atoms with Crippen molar-refractivity contribution in [3.8, 4) is 0 Å². The molecule has 0 bridgehead atoms. The maximum atomic E-state index is 13.0. The summed E-state index contributed by atoms with van der Waals surface area (Å²) < 4.78 is 12.0. The van der Waals surface area contributed by atoms with Crippen LogP contribution < -0.4 is 4.90 Å². The fourth-order valence-electron chi connectivity index (χ4n) is 2.15. The number of carbonyl (C=O) groups is 1. The first kappa shape index (κ1) is 14.6. The second kappa shape index (κ2) is 4.64. The van der Waals surface area contributed by atoms with E-state index in [9.17, 15) is 9.18 Å². The summed E-state index contributed by atoms with van der Waals surface area (Å²) in [7, 11) is 0. The van der Waals surface area contributed by atoms with Crippen LogP contribution in [-0.4, -0.2) is 16.3 Å². The molecular weight excluding hydrogens is 288 g/mol. The number of hydrogen-bond donors (Lipinski definition) is 0. The third-order valence-electron chi connectivity index (χ3n) is 3.57. The summed E-state index contributed by atoms with van der Waals surface area (Å²) in [6, 6.07) is 5.79. The van der Waals surface area contributed by atoms with Crippen molar-refractivity contribution in [1.29, 1.82) is 0 Å². The van der Waals surface area contributed by atoms with E-state index in [2.05, 4.69) is 0 Å². The average molecular weight is 304 g/mol. The quantitative estimate of drug-likeness (QED) is 0.768. The lowest BCUT2D eigenvalue weighted by atomic mass is 10.1. The smallest absolute Gasteiger partial charge is 0.236 e. The Balaban J connectivity index is 2.32. The van der Waals surface area contributed by atoms with Crippen LogP contribution in [0.5, 0.6) is 0 Å². The first-order chi connectivity index (χ1) is 8.69. The number of amides is 1. The van der Waals surface area contributed by atoms with Crippen molar-refractivity contribution < 1.29 is 9.18 Å². The first-order valence-corrected chi connectivity index (χ1v) is 6.92. The molecule has 5 heteroatoms. The Morgan fingerprint density at radius 2 is 1.79 bits per heavy atom. The standard InChI is InChI=1S/C14H16Cl2FNO/c1-9(2)18(11-6-4-10(17)5-7-11)12(19)13(3)8-14(13,15)16/h4-7,9H,8H2,1-3H3/t13-/m0/s1. The van der Waals surface area contributed by atoms with Crippen LogP contribution in [0, 0.1) is 11.2 Å². The van der Waals surface area contributed by atoms with Crippen LogP contribution in [0.15, 0.2) is 24.3 Å². The molecule has 0 aromatic heterocycles. The van der Waals surface area contributed by atoms with E-state index in [0.717, 1.165) is 0 Å². The van der Waals surface area contributed by atoms with Crippen molar-refractivity contribution in [2.45, 2.75) is 37.6 Å². The third-order valence-corrected chi connectivity index (χ3v) is 4.67. The van der Waals surface area contributed by atoms with Gasteiger partial charge in [-0.1, -0.05) is 0 Å². The lowest BCUT2D eigenvalue weighted by Crippen LogP contribution is -2.42. The highest BCUT2D eigenvalue weighted by Gasteiger charge is 2.69. The van der Waals surface area contributed by atoms with Gasteiger partial charge in [0, 0.05) is 11.7 Å². The zero-order valence-corrected chi connectivity index (χ0v) is 12.6. The van der Waals surface area contributed by atoms with Gasteiger partial charge in [0.05, 0.1) is 5.41 Å². The van der Waals surface area contributed by atoms with Crippen molar-refractivity contribution in [3.05, 3.63) is 30.1 Å². The van der Waals surface area contributed by atoms with Crippen molar-refractivity contribution in [3.63, 3.8) is 0 Å². The minimum Gasteiger partial charge on any atom is -0.309 e. The van der Waals surface area contributed by atoms with E-state index in [1.54, 1.807) is 24.0 Å². The Hall–Kier alpha value is -0.800. The fourth-order valence-corrected chi connectivity index (χ4v) is 2.85. The molecular formula is C14H16Cl2FNO. The lowest BCUT2D eigenvalue weighted by molar-refractivity contribution is -0.123. The van der Waals surface area contributed by atoms with E-state index in [1.165, 1.54) is 12.1 Å². The molecule has 0 N–H and O–H groups in total. The van der Waals surface area contributed by atoms with Crippen LogP contribution in [0.1, 0.15) is 27.2 Å². The van der Waals surface area contributed by atoms with Crippen molar-refractivity contribution in [2.24, 2.45) is 5.41 Å². The van der Waals surface area contributed by atoms with Crippen LogP contribution in [-0.2, 0) is 4.79 Å². The van der Waals surface area contributed by atoms with Gasteiger partial charge in [-0.05, 0) is 51.5 Å². The number of benzene rings is 1. The molecule has 0 aliphatic heterocycles. The van der Waals surface area contributed by atoms with Gasteiger partial charge in [-0.3, -0.25) is 4.79 Å². The topological polar surface area (TPSA) is 20.3 Å². The predicted octanol–water partition coefficient (Wildman–Crippen LogP) is 4.15. The molecule has 19 heavy (non-hydrogen) atoms. The van der Waals surface area contributed by atoms with Gasteiger partial charge in [-0.2, -0.15) is 0 Å². The normalized spacial score (nSPS) is 24.4. The van der Waals surface area contributed by atoms with Gasteiger partial charge in [0.1, 0.15) is 10.2 Å². The minimum absolute atomic E-state index is 0.0560. The molecule has 1 aliphatic carbocycles. The zero-order chi connectivity index (χ0) is 14.4. The molecule has 1 amide bonds. The monoisotopic (exact) mass is 303 g/mol. The average Bonchev–Trinajstić information content (AvgIpc) is 2.82. The molecule has 104 valence electrons. The van der Waals surface area contributed by atoms with E-state index in [0.29, 0.717) is 12.1 Å². The van der Waals surface area contributed by atoms with Crippen LogP contribution in [0.25, 0.3) is 0 Å². The number of anilines is 1. The fraction of sp³-hybridized carbons (Fsp3) is 0.500.